The summed E-state index contributed by atoms with van der Waals surface area (Å²) in [7, 11) is 3.00. The van der Waals surface area contributed by atoms with Crippen LogP contribution >= 0.6 is 0 Å². The molecule has 0 radical (unpaired) electrons. The molecule has 3 atom stereocenters. The van der Waals surface area contributed by atoms with Crippen LogP contribution in [0.4, 0.5) is 32.2 Å². The van der Waals surface area contributed by atoms with Crippen molar-refractivity contribution in [1.82, 2.24) is 20.0 Å². The van der Waals surface area contributed by atoms with Crippen molar-refractivity contribution in [3.05, 3.63) is 59.7 Å². The second kappa shape index (κ2) is 13.0. The van der Waals surface area contributed by atoms with Crippen molar-refractivity contribution in [3.63, 3.8) is 0 Å². The summed E-state index contributed by atoms with van der Waals surface area (Å²) in [6.45, 7) is 3.42. The Morgan fingerprint density at radius 1 is 0.979 bits per heavy atom. The molecule has 3 aromatic rings. The van der Waals surface area contributed by atoms with E-state index in [1.165, 1.54) is 14.2 Å². The van der Waals surface area contributed by atoms with Crippen molar-refractivity contribution < 1.29 is 50.5 Å². The van der Waals surface area contributed by atoms with Crippen LogP contribution in [0.2, 0.25) is 0 Å². The SMILES string of the molecule is COc1ccc(C2CC(C(F)(F)F)n3nc(-c4ccc(C(=O)N5CCC6(CCNC6)C5)cc4)cc3N2)cc1OC.O=C(O)C(F)(F)F. The Labute approximate surface area is 265 Å². The van der Waals surface area contributed by atoms with Crippen LogP contribution in [0.5, 0.6) is 11.5 Å². The number of nitrogens with zero attached hydrogens (tertiary/aromatic N) is 3. The lowest BCUT2D eigenvalue weighted by Crippen LogP contribution is -2.35. The van der Waals surface area contributed by atoms with Crippen LogP contribution < -0.4 is 20.1 Å². The van der Waals surface area contributed by atoms with Gasteiger partial charge < -0.3 is 30.1 Å². The van der Waals surface area contributed by atoms with E-state index in [0.717, 1.165) is 43.7 Å². The fraction of sp³-hybridized carbons (Fsp3) is 0.452. The second-order valence-electron chi connectivity index (χ2n) is 11.7. The van der Waals surface area contributed by atoms with Crippen molar-refractivity contribution in [2.24, 2.45) is 5.41 Å². The van der Waals surface area contributed by atoms with E-state index in [4.69, 9.17) is 19.4 Å². The van der Waals surface area contributed by atoms with Crippen LogP contribution in [0.25, 0.3) is 11.3 Å². The van der Waals surface area contributed by atoms with Gasteiger partial charge in [0, 0.05) is 48.7 Å². The Kier molecular flexibility index (Phi) is 9.35. The normalized spacial score (nSPS) is 22.3. The largest absolute Gasteiger partial charge is 0.493 e. The third-order valence-electron chi connectivity index (χ3n) is 8.73. The minimum absolute atomic E-state index is 0.0176. The van der Waals surface area contributed by atoms with Gasteiger partial charge in [0.05, 0.1) is 26.0 Å². The number of halogens is 6. The number of nitrogens with one attached hydrogen (secondary N) is 2. The summed E-state index contributed by atoms with van der Waals surface area (Å²) < 4.78 is 86.0. The molecule has 3 N–H and O–H groups in total. The summed E-state index contributed by atoms with van der Waals surface area (Å²) in [5, 5.41) is 18.1. The summed E-state index contributed by atoms with van der Waals surface area (Å²) in [4.78, 5) is 23.9. The van der Waals surface area contributed by atoms with Crippen molar-refractivity contribution in [2.75, 3.05) is 45.7 Å². The lowest BCUT2D eigenvalue weighted by molar-refractivity contribution is -0.192. The van der Waals surface area contributed by atoms with Crippen LogP contribution in [0.3, 0.4) is 0 Å². The van der Waals surface area contributed by atoms with Crippen LogP contribution in [0.15, 0.2) is 48.5 Å². The van der Waals surface area contributed by atoms with Crippen molar-refractivity contribution in [3.8, 4) is 22.8 Å². The average molecular weight is 670 g/mol. The molecule has 3 aliphatic rings. The predicted octanol–water partition coefficient (Wildman–Crippen LogP) is 5.69. The molecule has 254 valence electrons. The highest BCUT2D eigenvalue weighted by Gasteiger charge is 2.47. The topological polar surface area (TPSA) is 118 Å². The van der Waals surface area contributed by atoms with E-state index in [9.17, 15) is 31.1 Å². The van der Waals surface area contributed by atoms with Gasteiger partial charge >= 0.3 is 18.3 Å². The number of anilines is 1. The lowest BCUT2D eigenvalue weighted by Gasteiger charge is -2.33. The third kappa shape index (κ3) is 7.26. The quantitative estimate of drug-likeness (QED) is 0.297. The number of carboxylic acids is 1. The number of ether oxygens (including phenoxy) is 2. The number of methoxy groups -OCH3 is 2. The summed E-state index contributed by atoms with van der Waals surface area (Å²) in [5.41, 5.74) is 2.45. The Bertz CT molecular complexity index is 1600. The lowest BCUT2D eigenvalue weighted by atomic mass is 9.86. The summed E-state index contributed by atoms with van der Waals surface area (Å²) in [5.74, 6) is -1.55. The van der Waals surface area contributed by atoms with Gasteiger partial charge in [0.1, 0.15) is 5.82 Å². The first-order valence-electron chi connectivity index (χ1n) is 14.7. The number of fused-ring (bicyclic) bond motifs is 1. The van der Waals surface area contributed by atoms with E-state index < -0.39 is 30.4 Å². The zero-order valence-electron chi connectivity index (χ0n) is 25.4. The first-order chi connectivity index (χ1) is 22.1. The maximum absolute atomic E-state index is 14.2. The zero-order valence-corrected chi connectivity index (χ0v) is 25.4. The molecule has 2 fully saturated rings. The second-order valence-corrected chi connectivity index (χ2v) is 11.7. The number of amides is 1. The molecule has 0 bridgehead atoms. The summed E-state index contributed by atoms with van der Waals surface area (Å²) in [6.07, 6.45) is -7.72. The molecule has 3 unspecified atom stereocenters. The number of alkyl halides is 6. The molecular formula is C31H33F6N5O5. The van der Waals surface area contributed by atoms with E-state index >= 15 is 0 Å². The minimum atomic E-state index is -5.08. The van der Waals surface area contributed by atoms with Crippen LogP contribution in [-0.2, 0) is 4.79 Å². The molecule has 47 heavy (non-hydrogen) atoms. The Balaban J connectivity index is 0.000000559. The molecule has 10 nitrogen and oxygen atoms in total. The van der Waals surface area contributed by atoms with E-state index in [0.29, 0.717) is 33.9 Å². The van der Waals surface area contributed by atoms with Crippen molar-refractivity contribution >= 4 is 17.7 Å². The molecule has 4 heterocycles. The summed E-state index contributed by atoms with van der Waals surface area (Å²) >= 11 is 0. The third-order valence-corrected chi connectivity index (χ3v) is 8.73. The number of hydrogen-bond donors (Lipinski definition) is 3. The Morgan fingerprint density at radius 3 is 2.23 bits per heavy atom. The number of benzene rings is 2. The molecule has 2 saturated heterocycles. The smallest absolute Gasteiger partial charge is 0.490 e. The van der Waals surface area contributed by atoms with E-state index in [-0.39, 0.29) is 23.6 Å². The fourth-order valence-electron chi connectivity index (χ4n) is 6.22. The fourth-order valence-corrected chi connectivity index (χ4v) is 6.22. The molecular weight excluding hydrogens is 636 g/mol. The molecule has 1 amide bonds. The number of aromatic nitrogens is 2. The van der Waals surface area contributed by atoms with Gasteiger partial charge in [-0.15, -0.1) is 0 Å². The predicted molar refractivity (Wildman–Crippen MR) is 157 cm³/mol. The van der Waals surface area contributed by atoms with Crippen LogP contribution in [0, 0.1) is 5.41 Å². The standard InChI is InChI=1S/C29H32F3N5O3.C2HF3O2/c1-39-23-8-7-20(13-24(23)40-2)21-14-25(29(30,31)32)37-26(34-21)15-22(35-37)18-3-5-19(6-4-18)27(38)36-12-10-28(17-36)9-11-33-16-28;3-2(4,5)1(6)7/h3-8,13,15,21,25,33-34H,9-12,14,16-17H2,1-2H3;(H,6,7). The number of carboxylic acid groups (broad SMARTS) is 1. The average Bonchev–Trinajstić information content (AvgIpc) is 3.79. The first kappa shape index (κ1) is 33.9. The van der Waals surface area contributed by atoms with E-state index in [1.807, 2.05) is 4.90 Å². The maximum atomic E-state index is 14.2. The molecule has 0 aliphatic carbocycles. The van der Waals surface area contributed by atoms with Gasteiger partial charge in [0.25, 0.3) is 5.91 Å². The molecule has 3 aliphatic heterocycles. The number of rotatable bonds is 5. The Hall–Kier alpha value is -4.47. The van der Waals surface area contributed by atoms with Gasteiger partial charge in [-0.2, -0.15) is 31.4 Å². The number of carbonyl (C=O) groups is 2. The molecule has 2 aromatic carbocycles. The highest BCUT2D eigenvalue weighted by atomic mass is 19.4. The highest BCUT2D eigenvalue weighted by Crippen LogP contribution is 2.45. The first-order valence-corrected chi connectivity index (χ1v) is 14.7. The van der Waals surface area contributed by atoms with E-state index in [1.54, 1.807) is 48.5 Å². The minimum Gasteiger partial charge on any atom is -0.493 e. The number of carbonyl (C=O) groups excluding carboxylic acids is 1. The zero-order chi connectivity index (χ0) is 34.1. The van der Waals surface area contributed by atoms with Crippen LogP contribution in [0.1, 0.15) is 47.3 Å². The van der Waals surface area contributed by atoms with Gasteiger partial charge in [-0.1, -0.05) is 18.2 Å². The Morgan fingerprint density at radius 2 is 1.66 bits per heavy atom. The molecule has 1 aromatic heterocycles. The molecule has 6 rings (SSSR count). The number of hydrogen-bond acceptors (Lipinski definition) is 7. The number of likely N-dealkylation sites (tertiary alicyclic amines) is 1. The van der Waals surface area contributed by atoms with Gasteiger partial charge in [-0.25, -0.2) is 9.48 Å². The van der Waals surface area contributed by atoms with Crippen molar-refractivity contribution in [1.29, 1.82) is 0 Å². The van der Waals surface area contributed by atoms with Crippen molar-refractivity contribution in [2.45, 2.75) is 43.7 Å². The monoisotopic (exact) mass is 669 g/mol. The van der Waals surface area contributed by atoms with Crippen LogP contribution in [-0.4, -0.2) is 84.4 Å². The van der Waals surface area contributed by atoms with Gasteiger partial charge in [0.15, 0.2) is 17.5 Å². The maximum Gasteiger partial charge on any atom is 0.490 e. The van der Waals surface area contributed by atoms with Gasteiger partial charge in [0.2, 0.25) is 0 Å². The van der Waals surface area contributed by atoms with Gasteiger partial charge in [-0.05, 0) is 49.2 Å². The van der Waals surface area contributed by atoms with Gasteiger partial charge in [-0.3, -0.25) is 4.79 Å². The highest BCUT2D eigenvalue weighted by molar-refractivity contribution is 5.95. The number of aliphatic carboxylic acids is 1. The molecule has 1 spiro atoms. The summed E-state index contributed by atoms with van der Waals surface area (Å²) in [6, 6.07) is 11.3. The van der Waals surface area contributed by atoms with E-state index in [2.05, 4.69) is 15.7 Å². The molecule has 16 heteroatoms. The molecule has 0 saturated carbocycles.